The predicted octanol–water partition coefficient (Wildman–Crippen LogP) is 0.614. The minimum Gasteiger partial charge on any atom is -0.390 e. The van der Waals surface area contributed by atoms with Gasteiger partial charge >= 0.3 is 0 Å². The molecule has 0 aliphatic heterocycles. The summed E-state index contributed by atoms with van der Waals surface area (Å²) in [6.07, 6.45) is 1.70. The fraction of sp³-hybridized carbons (Fsp3) is 0.500. The highest BCUT2D eigenvalue weighted by atomic mass is 19.3. The van der Waals surface area contributed by atoms with Crippen LogP contribution in [0, 0.1) is 11.3 Å². The molecule has 0 saturated carbocycles. The quantitative estimate of drug-likeness (QED) is 0.777. The third-order valence-electron chi connectivity index (χ3n) is 2.12. The molecule has 0 aromatic carbocycles. The van der Waals surface area contributed by atoms with Crippen LogP contribution in [0.4, 0.5) is 8.78 Å². The molecule has 4 nitrogen and oxygen atoms in total. The number of aliphatic hydroxyl groups is 1. The maximum Gasteiger partial charge on any atom is 0.282 e. The number of aliphatic hydroxyl groups excluding tert-OH is 1. The summed E-state index contributed by atoms with van der Waals surface area (Å²) in [6.45, 7) is -1.51. The Bertz CT molecular complexity index is 395. The van der Waals surface area contributed by atoms with Crippen LogP contribution in [0.3, 0.4) is 0 Å². The van der Waals surface area contributed by atoms with Crippen molar-refractivity contribution < 1.29 is 13.9 Å². The second kappa shape index (κ2) is 5.05. The van der Waals surface area contributed by atoms with Gasteiger partial charge < -0.3 is 15.0 Å². The van der Waals surface area contributed by atoms with E-state index in [1.165, 1.54) is 0 Å². The number of aryl methyl sites for hydroxylation is 1. The van der Waals surface area contributed by atoms with Crippen LogP contribution in [-0.2, 0) is 13.6 Å². The van der Waals surface area contributed by atoms with E-state index in [9.17, 15) is 8.78 Å². The maximum absolute atomic E-state index is 12.6. The van der Waals surface area contributed by atoms with Gasteiger partial charge in [0, 0.05) is 19.8 Å². The molecule has 1 aromatic rings. The first kappa shape index (κ1) is 12.6. The van der Waals surface area contributed by atoms with Crippen LogP contribution < -0.4 is 5.32 Å². The third kappa shape index (κ3) is 3.29. The Kier molecular flexibility index (Phi) is 3.99. The third-order valence-corrected chi connectivity index (χ3v) is 2.12. The number of rotatable bonds is 5. The summed E-state index contributed by atoms with van der Waals surface area (Å²) in [5, 5.41) is 19.5. The molecule has 88 valence electrons. The average molecular weight is 229 g/mol. The second-order valence-electron chi connectivity index (χ2n) is 3.57. The first-order valence-corrected chi connectivity index (χ1v) is 4.73. The van der Waals surface area contributed by atoms with Gasteiger partial charge in [0.05, 0.1) is 6.54 Å². The van der Waals surface area contributed by atoms with Crippen molar-refractivity contribution in [2.75, 3.05) is 13.2 Å². The standard InChI is InChI=1S/C10H13F2N3O/c1-15-5-8(2-9(15)3-13)4-14-6-10(11,12)7-16/h2,5,14,16H,4,6-7H2,1H3. The molecule has 0 saturated heterocycles. The highest BCUT2D eigenvalue weighted by molar-refractivity contribution is 5.28. The molecule has 2 N–H and O–H groups in total. The van der Waals surface area contributed by atoms with Gasteiger partial charge in [-0.3, -0.25) is 0 Å². The van der Waals surface area contributed by atoms with Gasteiger partial charge in [0.2, 0.25) is 0 Å². The van der Waals surface area contributed by atoms with Crippen molar-refractivity contribution in [2.24, 2.45) is 7.05 Å². The number of hydrogen-bond acceptors (Lipinski definition) is 3. The number of nitriles is 1. The number of hydrogen-bond donors (Lipinski definition) is 2. The van der Waals surface area contributed by atoms with E-state index in [0.29, 0.717) is 5.69 Å². The minimum absolute atomic E-state index is 0.241. The lowest BCUT2D eigenvalue weighted by atomic mass is 10.3. The van der Waals surface area contributed by atoms with Crippen molar-refractivity contribution in [3.8, 4) is 6.07 Å². The Labute approximate surface area is 92.1 Å². The van der Waals surface area contributed by atoms with E-state index in [2.05, 4.69) is 5.32 Å². The Morgan fingerprint density at radius 1 is 1.62 bits per heavy atom. The summed E-state index contributed by atoms with van der Waals surface area (Å²) in [5.41, 5.74) is 1.23. The molecule has 0 spiro atoms. The zero-order valence-electron chi connectivity index (χ0n) is 8.87. The van der Waals surface area contributed by atoms with Gasteiger partial charge in [-0.25, -0.2) is 8.78 Å². The van der Waals surface area contributed by atoms with Crippen LogP contribution in [0.25, 0.3) is 0 Å². The molecule has 0 radical (unpaired) electrons. The molecular weight excluding hydrogens is 216 g/mol. The van der Waals surface area contributed by atoms with Crippen LogP contribution in [0.1, 0.15) is 11.3 Å². The largest absolute Gasteiger partial charge is 0.390 e. The molecule has 0 atom stereocenters. The van der Waals surface area contributed by atoms with E-state index in [-0.39, 0.29) is 6.54 Å². The minimum atomic E-state index is -3.10. The summed E-state index contributed by atoms with van der Waals surface area (Å²) < 4.78 is 26.9. The summed E-state index contributed by atoms with van der Waals surface area (Å²) in [7, 11) is 1.71. The Hall–Kier alpha value is -1.45. The van der Waals surface area contributed by atoms with Crippen molar-refractivity contribution in [1.29, 1.82) is 5.26 Å². The number of alkyl halides is 2. The molecular formula is C10H13F2N3O. The van der Waals surface area contributed by atoms with E-state index in [4.69, 9.17) is 10.4 Å². The summed E-state index contributed by atoms with van der Waals surface area (Å²) in [6, 6.07) is 3.61. The second-order valence-corrected chi connectivity index (χ2v) is 3.57. The molecule has 0 aliphatic carbocycles. The molecule has 6 heteroatoms. The number of nitrogens with one attached hydrogen (secondary N) is 1. The van der Waals surface area contributed by atoms with Crippen molar-refractivity contribution >= 4 is 0 Å². The van der Waals surface area contributed by atoms with E-state index < -0.39 is 19.1 Å². The van der Waals surface area contributed by atoms with E-state index in [0.717, 1.165) is 5.56 Å². The first-order valence-electron chi connectivity index (χ1n) is 4.73. The lowest BCUT2D eigenvalue weighted by Crippen LogP contribution is -2.35. The number of halogens is 2. The van der Waals surface area contributed by atoms with Crippen LogP contribution >= 0.6 is 0 Å². The topological polar surface area (TPSA) is 61.0 Å². The summed E-state index contributed by atoms with van der Waals surface area (Å²) >= 11 is 0. The smallest absolute Gasteiger partial charge is 0.282 e. The fourth-order valence-electron chi connectivity index (χ4n) is 1.29. The van der Waals surface area contributed by atoms with Gasteiger partial charge in [-0.15, -0.1) is 0 Å². The molecule has 0 aliphatic rings. The van der Waals surface area contributed by atoms with Gasteiger partial charge in [-0.05, 0) is 11.6 Å². The predicted molar refractivity (Wildman–Crippen MR) is 53.9 cm³/mol. The zero-order chi connectivity index (χ0) is 12.2. The summed E-state index contributed by atoms with van der Waals surface area (Å²) in [5.74, 6) is -3.10. The van der Waals surface area contributed by atoms with Crippen LogP contribution in [-0.4, -0.2) is 28.7 Å². The summed E-state index contributed by atoms with van der Waals surface area (Å²) in [4.78, 5) is 0. The molecule has 1 rings (SSSR count). The molecule has 1 heterocycles. The van der Waals surface area contributed by atoms with E-state index in [1.54, 1.807) is 23.9 Å². The SMILES string of the molecule is Cn1cc(CNCC(F)(F)CO)cc1C#N. The van der Waals surface area contributed by atoms with Crippen LogP contribution in [0.5, 0.6) is 0 Å². The van der Waals surface area contributed by atoms with E-state index in [1.807, 2.05) is 6.07 Å². The van der Waals surface area contributed by atoms with Gasteiger partial charge in [0.25, 0.3) is 5.92 Å². The number of nitrogens with zero attached hydrogens (tertiary/aromatic N) is 2. The maximum atomic E-state index is 12.6. The zero-order valence-corrected chi connectivity index (χ0v) is 8.87. The first-order chi connectivity index (χ1) is 7.48. The Morgan fingerprint density at radius 2 is 2.31 bits per heavy atom. The van der Waals surface area contributed by atoms with Gasteiger partial charge in [0.1, 0.15) is 18.4 Å². The molecule has 0 bridgehead atoms. The van der Waals surface area contributed by atoms with Crippen LogP contribution in [0.2, 0.25) is 0 Å². The van der Waals surface area contributed by atoms with Gasteiger partial charge in [-0.1, -0.05) is 0 Å². The average Bonchev–Trinajstić information content (AvgIpc) is 2.59. The molecule has 0 fully saturated rings. The highest BCUT2D eigenvalue weighted by Crippen LogP contribution is 2.11. The van der Waals surface area contributed by atoms with Gasteiger partial charge in [-0.2, -0.15) is 5.26 Å². The lowest BCUT2D eigenvalue weighted by Gasteiger charge is -2.13. The molecule has 16 heavy (non-hydrogen) atoms. The lowest BCUT2D eigenvalue weighted by molar-refractivity contribution is -0.0477. The molecule has 1 aromatic heterocycles. The Morgan fingerprint density at radius 3 is 2.81 bits per heavy atom. The van der Waals surface area contributed by atoms with Crippen molar-refractivity contribution in [3.63, 3.8) is 0 Å². The van der Waals surface area contributed by atoms with Crippen LogP contribution in [0.15, 0.2) is 12.3 Å². The number of aromatic nitrogens is 1. The molecule has 0 unspecified atom stereocenters. The Balaban J connectivity index is 2.47. The van der Waals surface area contributed by atoms with Gasteiger partial charge in [0.15, 0.2) is 0 Å². The monoisotopic (exact) mass is 229 g/mol. The molecule has 0 amide bonds. The van der Waals surface area contributed by atoms with Crippen molar-refractivity contribution in [3.05, 3.63) is 23.5 Å². The fourth-order valence-corrected chi connectivity index (χ4v) is 1.29. The van der Waals surface area contributed by atoms with Crippen molar-refractivity contribution in [1.82, 2.24) is 9.88 Å². The normalized spacial score (nSPS) is 11.4. The van der Waals surface area contributed by atoms with Crippen molar-refractivity contribution in [2.45, 2.75) is 12.5 Å². The van der Waals surface area contributed by atoms with E-state index >= 15 is 0 Å². The highest BCUT2D eigenvalue weighted by Gasteiger charge is 2.26.